The summed E-state index contributed by atoms with van der Waals surface area (Å²) in [7, 11) is 0. The van der Waals surface area contributed by atoms with E-state index in [1.54, 1.807) is 0 Å². The minimum absolute atomic E-state index is 0.0175. The van der Waals surface area contributed by atoms with E-state index >= 15 is 0 Å². The van der Waals surface area contributed by atoms with E-state index in [0.29, 0.717) is 5.02 Å². The Labute approximate surface area is 139 Å². The van der Waals surface area contributed by atoms with E-state index in [9.17, 15) is 4.79 Å². The number of rotatable bonds is 4. The molecule has 10 heteroatoms. The van der Waals surface area contributed by atoms with Gasteiger partial charge in [0, 0.05) is 11.2 Å². The number of nitrogens with one attached hydrogen (secondary N) is 1. The molecule has 0 bridgehead atoms. The van der Waals surface area contributed by atoms with Crippen LogP contribution in [0.4, 0.5) is 0 Å². The Morgan fingerprint density at radius 3 is 2.43 bits per heavy atom. The number of halogens is 4. The molecule has 6 nitrogen and oxygen atoms in total. The van der Waals surface area contributed by atoms with Crippen molar-refractivity contribution in [3.05, 3.63) is 44.1 Å². The average Bonchev–Trinajstić information content (AvgIpc) is 2.78. The Kier molecular flexibility index (Phi) is 5.18. The largest absolute Gasteiger partial charge is 0.468 e. The molecule has 0 spiro atoms. The molecule has 0 fully saturated rings. The lowest BCUT2D eigenvalue weighted by molar-refractivity contribution is 0.0946. The zero-order valence-electron chi connectivity index (χ0n) is 10.2. The molecule has 0 aliphatic carbocycles. The normalized spacial score (nSPS) is 10.5. The monoisotopic (exact) mass is 368 g/mol. The molecular formula is C11H8Cl4N4O2. The molecule has 3 N–H and O–H groups in total. The molecule has 0 radical (unpaired) electrons. The third-order valence-corrected chi connectivity index (χ3v) is 3.42. The summed E-state index contributed by atoms with van der Waals surface area (Å²) in [6.07, 6.45) is 1.41. The van der Waals surface area contributed by atoms with Gasteiger partial charge < -0.3 is 4.74 Å². The van der Waals surface area contributed by atoms with Gasteiger partial charge in [-0.3, -0.25) is 10.2 Å². The van der Waals surface area contributed by atoms with Crippen molar-refractivity contribution in [1.82, 2.24) is 15.2 Å². The Morgan fingerprint density at radius 2 is 1.86 bits per heavy atom. The summed E-state index contributed by atoms with van der Waals surface area (Å²) in [5, 5.41) is 4.96. The molecule has 0 aliphatic rings. The number of aromatic nitrogens is 2. The predicted octanol–water partition coefficient (Wildman–Crippen LogP) is 3.14. The van der Waals surface area contributed by atoms with E-state index in [1.165, 1.54) is 23.0 Å². The number of carbonyl (C=O) groups is 1. The number of hydrogen-bond donors (Lipinski definition) is 2. The van der Waals surface area contributed by atoms with Gasteiger partial charge in [-0.1, -0.05) is 46.4 Å². The van der Waals surface area contributed by atoms with Crippen LogP contribution in [0.25, 0.3) is 0 Å². The molecule has 0 aliphatic heterocycles. The second-order valence-electron chi connectivity index (χ2n) is 3.81. The summed E-state index contributed by atoms with van der Waals surface area (Å²) in [6, 6.07) is 2.99. The molecule has 1 heterocycles. The summed E-state index contributed by atoms with van der Waals surface area (Å²) >= 11 is 23.6. The maximum absolute atomic E-state index is 11.4. The summed E-state index contributed by atoms with van der Waals surface area (Å²) in [4.78, 5) is 11.4. The first-order valence-corrected chi connectivity index (χ1v) is 6.94. The summed E-state index contributed by atoms with van der Waals surface area (Å²) < 4.78 is 6.75. The van der Waals surface area contributed by atoms with Crippen molar-refractivity contribution >= 4 is 52.3 Å². The maximum atomic E-state index is 11.4. The molecule has 0 unspecified atom stereocenters. The number of hydrazine groups is 1. The highest BCUT2D eigenvalue weighted by atomic mass is 35.5. The first-order chi connectivity index (χ1) is 9.92. The minimum atomic E-state index is -0.610. The van der Waals surface area contributed by atoms with Crippen LogP contribution in [0.5, 0.6) is 5.75 Å². The van der Waals surface area contributed by atoms with Gasteiger partial charge in [-0.15, -0.1) is 0 Å². The summed E-state index contributed by atoms with van der Waals surface area (Å²) in [6.45, 7) is -0.0569. The van der Waals surface area contributed by atoms with E-state index in [0.717, 1.165) is 0 Å². The number of benzene rings is 1. The fraction of sp³-hybridized carbons (Fsp3) is 0.0909. The first-order valence-electron chi connectivity index (χ1n) is 5.43. The molecule has 1 aromatic heterocycles. The molecule has 1 amide bonds. The van der Waals surface area contributed by atoms with Gasteiger partial charge in [-0.2, -0.15) is 5.10 Å². The number of hydrogen-bond acceptors (Lipinski definition) is 4. The van der Waals surface area contributed by atoms with E-state index in [-0.39, 0.29) is 33.2 Å². The molecule has 112 valence electrons. The number of amides is 1. The van der Waals surface area contributed by atoms with Gasteiger partial charge in [-0.25, -0.2) is 10.5 Å². The molecule has 0 atom stereocenters. The van der Waals surface area contributed by atoms with E-state index in [1.807, 2.05) is 5.43 Å². The second kappa shape index (κ2) is 6.72. The van der Waals surface area contributed by atoms with Crippen LogP contribution in [0.1, 0.15) is 10.5 Å². The molecular weight excluding hydrogens is 362 g/mol. The van der Waals surface area contributed by atoms with Gasteiger partial charge in [-0.05, 0) is 12.1 Å². The number of nitrogen functional groups attached to an aromatic ring is 1. The molecule has 1 aromatic carbocycles. The van der Waals surface area contributed by atoms with E-state index in [2.05, 4.69) is 5.10 Å². The molecule has 21 heavy (non-hydrogen) atoms. The van der Waals surface area contributed by atoms with Gasteiger partial charge in [0.15, 0.2) is 18.2 Å². The fourth-order valence-corrected chi connectivity index (χ4v) is 2.65. The van der Waals surface area contributed by atoms with E-state index < -0.39 is 5.91 Å². The van der Waals surface area contributed by atoms with Crippen LogP contribution in [0.2, 0.25) is 20.1 Å². The number of carbonyl (C=O) groups excluding carboxylic acids is 1. The third kappa shape index (κ3) is 3.72. The molecule has 0 saturated heterocycles. The topological polar surface area (TPSA) is 82.2 Å². The third-order valence-electron chi connectivity index (χ3n) is 2.37. The summed E-state index contributed by atoms with van der Waals surface area (Å²) in [5.74, 6) is 4.65. The van der Waals surface area contributed by atoms with Gasteiger partial charge >= 0.3 is 0 Å². The highest BCUT2D eigenvalue weighted by Crippen LogP contribution is 2.36. The lowest BCUT2D eigenvalue weighted by Crippen LogP contribution is -2.30. The lowest BCUT2D eigenvalue weighted by Gasteiger charge is -2.10. The zero-order valence-corrected chi connectivity index (χ0v) is 13.3. The Bertz CT molecular complexity index is 666. The van der Waals surface area contributed by atoms with Crippen LogP contribution in [0.15, 0.2) is 18.3 Å². The van der Waals surface area contributed by atoms with Crippen LogP contribution in [-0.2, 0) is 6.73 Å². The average molecular weight is 370 g/mol. The summed E-state index contributed by atoms with van der Waals surface area (Å²) in [5.41, 5.74) is 1.92. The van der Waals surface area contributed by atoms with Crippen molar-refractivity contribution in [2.75, 3.05) is 0 Å². The first kappa shape index (κ1) is 16.2. The lowest BCUT2D eigenvalue weighted by atomic mass is 10.3. The highest BCUT2D eigenvalue weighted by molar-refractivity contribution is 6.40. The Morgan fingerprint density at radius 1 is 1.24 bits per heavy atom. The number of ether oxygens (including phenoxy) is 1. The van der Waals surface area contributed by atoms with Crippen molar-refractivity contribution in [3.8, 4) is 5.75 Å². The minimum Gasteiger partial charge on any atom is -0.468 e. The van der Waals surface area contributed by atoms with Crippen LogP contribution < -0.4 is 16.0 Å². The van der Waals surface area contributed by atoms with Crippen molar-refractivity contribution in [1.29, 1.82) is 0 Å². The quantitative estimate of drug-likeness (QED) is 0.492. The second-order valence-corrected chi connectivity index (χ2v) is 5.47. The van der Waals surface area contributed by atoms with Crippen molar-refractivity contribution in [3.63, 3.8) is 0 Å². The Hall–Kier alpha value is -1.18. The zero-order chi connectivity index (χ0) is 15.6. The maximum Gasteiger partial charge on any atom is 0.287 e. The van der Waals surface area contributed by atoms with Crippen LogP contribution in [0, 0.1) is 0 Å². The Balaban J connectivity index is 2.16. The standard InChI is InChI=1S/C11H8Cl4N4O2/c12-5-1-6(13)10(7(14)2-5)21-4-19-3-8(15)9(18-19)11(20)17-16/h1-3H,4,16H2,(H,17,20). The fourth-order valence-electron chi connectivity index (χ4n) is 1.48. The molecule has 2 aromatic rings. The smallest absolute Gasteiger partial charge is 0.287 e. The number of nitrogens with zero attached hydrogens (tertiary/aromatic N) is 2. The molecule has 0 saturated carbocycles. The van der Waals surface area contributed by atoms with Gasteiger partial charge in [0.05, 0.1) is 15.1 Å². The van der Waals surface area contributed by atoms with Gasteiger partial charge in [0.2, 0.25) is 0 Å². The van der Waals surface area contributed by atoms with Crippen molar-refractivity contribution in [2.24, 2.45) is 5.84 Å². The predicted molar refractivity (Wildman–Crippen MR) is 81.0 cm³/mol. The number of nitrogens with two attached hydrogens (primary N) is 1. The van der Waals surface area contributed by atoms with Gasteiger partial charge in [0.1, 0.15) is 0 Å². The molecule has 2 rings (SSSR count). The van der Waals surface area contributed by atoms with Crippen LogP contribution in [-0.4, -0.2) is 15.7 Å². The van der Waals surface area contributed by atoms with Gasteiger partial charge in [0.25, 0.3) is 5.91 Å². The highest BCUT2D eigenvalue weighted by Gasteiger charge is 2.15. The van der Waals surface area contributed by atoms with Crippen LogP contribution in [0.3, 0.4) is 0 Å². The van der Waals surface area contributed by atoms with E-state index in [4.69, 9.17) is 57.0 Å². The SMILES string of the molecule is NNC(=O)c1nn(COc2c(Cl)cc(Cl)cc2Cl)cc1Cl. The van der Waals surface area contributed by atoms with Crippen molar-refractivity contribution in [2.45, 2.75) is 6.73 Å². The van der Waals surface area contributed by atoms with Crippen molar-refractivity contribution < 1.29 is 9.53 Å². The van der Waals surface area contributed by atoms with Crippen LogP contribution >= 0.6 is 46.4 Å².